The molecule has 0 spiro atoms. The average Bonchev–Trinajstić information content (AvgIpc) is 2.98. The number of amides is 2. The number of hydrogen-bond acceptors (Lipinski definition) is 5. The third-order valence-corrected chi connectivity index (χ3v) is 6.21. The van der Waals surface area contributed by atoms with E-state index in [-0.39, 0.29) is 24.9 Å². The van der Waals surface area contributed by atoms with Crippen molar-refractivity contribution in [2.24, 2.45) is 5.92 Å². The molecular weight excluding hydrogens is 384 g/mol. The maximum absolute atomic E-state index is 12.5. The first-order chi connectivity index (χ1) is 13.9. The highest BCUT2D eigenvalue weighted by molar-refractivity contribution is 7.16. The number of nitrogens with one attached hydrogen (secondary N) is 2. The Bertz CT molecular complexity index is 943. The van der Waals surface area contributed by atoms with Gasteiger partial charge in [-0.1, -0.05) is 24.6 Å². The second-order valence-electron chi connectivity index (χ2n) is 7.80. The van der Waals surface area contributed by atoms with Crippen LogP contribution in [0, 0.1) is 24.2 Å². The van der Waals surface area contributed by atoms with E-state index >= 15 is 0 Å². The van der Waals surface area contributed by atoms with Crippen LogP contribution in [0.25, 0.3) is 0 Å². The van der Waals surface area contributed by atoms with Crippen LogP contribution < -0.4 is 10.6 Å². The zero-order valence-corrected chi connectivity index (χ0v) is 17.9. The van der Waals surface area contributed by atoms with Crippen LogP contribution in [0.1, 0.15) is 34.9 Å². The summed E-state index contributed by atoms with van der Waals surface area (Å²) in [6.45, 7) is 4.37. The fourth-order valence-corrected chi connectivity index (χ4v) is 4.88. The van der Waals surface area contributed by atoms with Crippen LogP contribution >= 0.6 is 11.3 Å². The number of carbonyl (C=O) groups is 2. The van der Waals surface area contributed by atoms with Gasteiger partial charge in [-0.25, -0.2) is 0 Å². The van der Waals surface area contributed by atoms with Gasteiger partial charge in [0.05, 0.1) is 18.7 Å². The standard InChI is InChI=1S/C22H26N4O2S/c1-14-4-7-16(8-5-14)24-20(27)12-26(3)13-21(28)25-22-18(11-23)17-9-6-15(2)10-19(17)29-22/h4-5,7-8,15H,6,9-10,12-13H2,1-3H3,(H,24,27)(H,25,28)/t15-/m0/s1. The molecule has 0 fully saturated rings. The second-order valence-corrected chi connectivity index (χ2v) is 8.91. The van der Waals surface area contributed by atoms with Gasteiger partial charge in [-0.3, -0.25) is 14.5 Å². The summed E-state index contributed by atoms with van der Waals surface area (Å²) in [6.07, 6.45) is 2.93. The average molecular weight is 411 g/mol. The van der Waals surface area contributed by atoms with Crippen molar-refractivity contribution in [1.29, 1.82) is 5.26 Å². The predicted molar refractivity (Wildman–Crippen MR) is 116 cm³/mol. The van der Waals surface area contributed by atoms with Crippen molar-refractivity contribution >= 4 is 33.8 Å². The van der Waals surface area contributed by atoms with Gasteiger partial charge < -0.3 is 10.6 Å². The van der Waals surface area contributed by atoms with Gasteiger partial charge in [0, 0.05) is 10.6 Å². The van der Waals surface area contributed by atoms with Crippen molar-refractivity contribution in [1.82, 2.24) is 4.90 Å². The summed E-state index contributed by atoms with van der Waals surface area (Å²) in [7, 11) is 1.72. The molecule has 0 unspecified atom stereocenters. The highest BCUT2D eigenvalue weighted by Gasteiger charge is 2.24. The Balaban J connectivity index is 1.54. The van der Waals surface area contributed by atoms with Crippen molar-refractivity contribution in [2.45, 2.75) is 33.1 Å². The first-order valence-corrected chi connectivity index (χ1v) is 10.6. The van der Waals surface area contributed by atoms with Crippen LogP contribution in [-0.4, -0.2) is 36.9 Å². The molecule has 7 heteroatoms. The molecule has 3 rings (SSSR count). The quantitative estimate of drug-likeness (QED) is 0.762. The minimum atomic E-state index is -0.223. The molecule has 2 N–H and O–H groups in total. The van der Waals surface area contributed by atoms with Gasteiger partial charge in [0.2, 0.25) is 11.8 Å². The Morgan fingerprint density at radius 3 is 2.52 bits per heavy atom. The topological polar surface area (TPSA) is 85.2 Å². The van der Waals surface area contributed by atoms with E-state index in [1.54, 1.807) is 11.9 Å². The number of hydrogen-bond donors (Lipinski definition) is 2. The number of rotatable bonds is 6. The number of benzene rings is 1. The Morgan fingerprint density at radius 2 is 1.86 bits per heavy atom. The smallest absolute Gasteiger partial charge is 0.239 e. The van der Waals surface area contributed by atoms with E-state index in [4.69, 9.17) is 0 Å². The van der Waals surface area contributed by atoms with Crippen molar-refractivity contribution in [2.75, 3.05) is 30.8 Å². The van der Waals surface area contributed by atoms with Gasteiger partial charge in [-0.15, -0.1) is 11.3 Å². The lowest BCUT2D eigenvalue weighted by Crippen LogP contribution is -2.36. The van der Waals surface area contributed by atoms with Gasteiger partial charge in [0.15, 0.2) is 0 Å². The molecule has 0 saturated heterocycles. The Hall–Kier alpha value is -2.69. The zero-order valence-electron chi connectivity index (χ0n) is 17.0. The summed E-state index contributed by atoms with van der Waals surface area (Å²) < 4.78 is 0. The molecule has 0 saturated carbocycles. The lowest BCUT2D eigenvalue weighted by molar-refractivity contribution is -0.119. The van der Waals surface area contributed by atoms with Crippen molar-refractivity contribution < 1.29 is 9.59 Å². The van der Waals surface area contributed by atoms with E-state index in [0.717, 1.165) is 36.1 Å². The number of fused-ring (bicyclic) bond motifs is 1. The molecule has 29 heavy (non-hydrogen) atoms. The molecule has 1 aromatic heterocycles. The van der Waals surface area contributed by atoms with Gasteiger partial charge >= 0.3 is 0 Å². The van der Waals surface area contributed by atoms with Crippen LogP contribution in [-0.2, 0) is 22.4 Å². The maximum Gasteiger partial charge on any atom is 0.239 e. The molecule has 0 aliphatic heterocycles. The molecule has 1 aromatic carbocycles. The summed E-state index contributed by atoms with van der Waals surface area (Å²) in [5.74, 6) is 0.204. The number of aryl methyl sites for hydroxylation is 1. The van der Waals surface area contributed by atoms with Gasteiger partial charge in [0.1, 0.15) is 11.1 Å². The molecule has 1 aliphatic carbocycles. The molecule has 1 aliphatic rings. The van der Waals surface area contributed by atoms with E-state index in [1.165, 1.54) is 16.2 Å². The Kier molecular flexibility index (Phi) is 6.68. The summed E-state index contributed by atoms with van der Waals surface area (Å²) in [5, 5.41) is 15.9. The highest BCUT2D eigenvalue weighted by atomic mass is 32.1. The maximum atomic E-state index is 12.5. The van der Waals surface area contributed by atoms with Crippen molar-refractivity contribution in [3.8, 4) is 6.07 Å². The fourth-order valence-electron chi connectivity index (χ4n) is 3.51. The van der Waals surface area contributed by atoms with Crippen molar-refractivity contribution in [3.05, 3.63) is 45.8 Å². The van der Waals surface area contributed by atoms with Gasteiger partial charge in [0.25, 0.3) is 0 Å². The minimum absolute atomic E-state index is 0.0746. The molecular formula is C22H26N4O2S. The van der Waals surface area contributed by atoms with Crippen LogP contribution in [0.4, 0.5) is 10.7 Å². The first kappa shape index (κ1) is 21.0. The molecule has 152 valence electrons. The lowest BCUT2D eigenvalue weighted by atomic mass is 9.89. The number of nitriles is 1. The third-order valence-electron chi connectivity index (χ3n) is 5.04. The number of nitrogens with zero attached hydrogens (tertiary/aromatic N) is 2. The predicted octanol–water partition coefficient (Wildman–Crippen LogP) is 3.56. The summed E-state index contributed by atoms with van der Waals surface area (Å²) in [4.78, 5) is 27.5. The molecule has 2 aromatic rings. The number of likely N-dealkylation sites (N-methyl/N-ethyl adjacent to an activating group) is 1. The van der Waals surface area contributed by atoms with Crippen molar-refractivity contribution in [3.63, 3.8) is 0 Å². The Labute approximate surface area is 175 Å². The fraction of sp³-hybridized carbons (Fsp3) is 0.409. The monoisotopic (exact) mass is 410 g/mol. The van der Waals surface area contributed by atoms with Crippen LogP contribution in [0.3, 0.4) is 0 Å². The van der Waals surface area contributed by atoms with E-state index in [1.807, 2.05) is 31.2 Å². The summed E-state index contributed by atoms with van der Waals surface area (Å²) in [6, 6.07) is 9.82. The van der Waals surface area contributed by atoms with Crippen LogP contribution in [0.5, 0.6) is 0 Å². The first-order valence-electron chi connectivity index (χ1n) is 9.75. The molecule has 0 radical (unpaired) electrons. The lowest BCUT2D eigenvalue weighted by Gasteiger charge is -2.17. The zero-order chi connectivity index (χ0) is 21.0. The molecule has 0 bridgehead atoms. The number of carbonyl (C=O) groups excluding carboxylic acids is 2. The SMILES string of the molecule is Cc1ccc(NC(=O)CN(C)CC(=O)Nc2sc3c(c2C#N)CC[C@H](C)C3)cc1. The van der Waals surface area contributed by atoms with Crippen LogP contribution in [0.15, 0.2) is 24.3 Å². The number of anilines is 2. The summed E-state index contributed by atoms with van der Waals surface area (Å²) >= 11 is 1.51. The molecule has 2 amide bonds. The second kappa shape index (κ2) is 9.21. The van der Waals surface area contributed by atoms with E-state index in [9.17, 15) is 14.9 Å². The Morgan fingerprint density at radius 1 is 1.21 bits per heavy atom. The molecule has 6 nitrogen and oxygen atoms in total. The molecule has 1 atom stereocenters. The normalized spacial score (nSPS) is 15.5. The van der Waals surface area contributed by atoms with E-state index in [0.29, 0.717) is 16.5 Å². The third kappa shape index (κ3) is 5.43. The van der Waals surface area contributed by atoms with Gasteiger partial charge in [-0.2, -0.15) is 5.26 Å². The van der Waals surface area contributed by atoms with Crippen LogP contribution in [0.2, 0.25) is 0 Å². The summed E-state index contributed by atoms with van der Waals surface area (Å²) in [5.41, 5.74) is 3.55. The van der Waals surface area contributed by atoms with E-state index < -0.39 is 0 Å². The molecule has 1 heterocycles. The number of thiophene rings is 1. The minimum Gasteiger partial charge on any atom is -0.325 e. The van der Waals surface area contributed by atoms with E-state index in [2.05, 4.69) is 23.6 Å². The van der Waals surface area contributed by atoms with Gasteiger partial charge in [-0.05, 0) is 56.8 Å². The highest BCUT2D eigenvalue weighted by Crippen LogP contribution is 2.39. The largest absolute Gasteiger partial charge is 0.325 e.